The van der Waals surface area contributed by atoms with E-state index in [9.17, 15) is 52.8 Å². The monoisotopic (exact) mass is 875 g/mol. The molecule has 5 N–H and O–H groups in total. The van der Waals surface area contributed by atoms with Crippen molar-refractivity contribution in [1.82, 2.24) is 0 Å². The Balaban J connectivity index is 1.28. The average Bonchev–Trinajstić information content (AvgIpc) is 3.56. The Labute approximate surface area is 344 Å². The fourth-order valence-electron chi connectivity index (χ4n) is 5.53. The normalized spacial score (nSPS) is 14.4. The molecule has 0 spiro atoms. The van der Waals surface area contributed by atoms with E-state index in [2.05, 4.69) is 45.2 Å². The predicted molar refractivity (Wildman–Crippen MR) is 210 cm³/mol. The largest absolute Gasteiger partial charge is 0.505 e. The van der Waals surface area contributed by atoms with E-state index < -0.39 is 66.5 Å². The lowest BCUT2D eigenvalue weighted by Gasteiger charge is -2.12. The van der Waals surface area contributed by atoms with Gasteiger partial charge in [0.25, 0.3) is 21.7 Å². The molecule has 0 aliphatic carbocycles. The van der Waals surface area contributed by atoms with Crippen molar-refractivity contribution in [1.29, 1.82) is 0 Å². The van der Waals surface area contributed by atoms with Gasteiger partial charge in [0.15, 0.2) is 11.5 Å². The number of azo groups is 3. The maximum atomic E-state index is 13.2. The lowest BCUT2D eigenvalue weighted by molar-refractivity contribution is -0.432. The molecule has 1 atom stereocenters. The van der Waals surface area contributed by atoms with E-state index in [1.807, 2.05) is 0 Å². The number of hydrogen-bond donors (Lipinski definition) is 5. The number of aromatic carboxylic acids is 1. The molecule has 312 valence electrons. The molecule has 0 saturated carbocycles. The van der Waals surface area contributed by atoms with Crippen LogP contribution in [0.1, 0.15) is 15.9 Å². The van der Waals surface area contributed by atoms with Crippen LogP contribution >= 0.6 is 12.0 Å². The molecule has 6 rings (SSSR count). The number of nitrogens with zero attached hydrogens (tertiary/aromatic N) is 9. The van der Waals surface area contributed by atoms with Crippen molar-refractivity contribution in [3.8, 4) is 11.5 Å². The molecule has 1 unspecified atom stereocenters. The summed E-state index contributed by atoms with van der Waals surface area (Å²) in [5.41, 5.74) is -1.07. The highest BCUT2D eigenvalue weighted by Crippen LogP contribution is 2.46. The van der Waals surface area contributed by atoms with Crippen LogP contribution in [0.4, 0.5) is 39.8 Å². The number of aromatic hydroxyl groups is 1. The lowest BCUT2D eigenvalue weighted by Crippen LogP contribution is -2.33. The summed E-state index contributed by atoms with van der Waals surface area (Å²) in [5.74, 6) is -4.34. The van der Waals surface area contributed by atoms with Crippen molar-refractivity contribution in [2.45, 2.75) is 22.8 Å². The molecule has 0 aromatic heterocycles. The highest BCUT2D eigenvalue weighted by molar-refractivity contribution is 7.94. The Bertz CT molecular complexity index is 2870. The second-order valence-corrected chi connectivity index (χ2v) is 14.4. The quantitative estimate of drug-likeness (QED) is 0.0166. The molecule has 1 aliphatic rings. The van der Waals surface area contributed by atoms with Gasteiger partial charge >= 0.3 is 11.9 Å². The molecule has 26 heteroatoms. The highest BCUT2D eigenvalue weighted by Gasteiger charge is 2.41. The summed E-state index contributed by atoms with van der Waals surface area (Å²) in [6, 6.07) is 14.4. The van der Waals surface area contributed by atoms with Gasteiger partial charge in [-0.1, -0.05) is 5.04 Å². The van der Waals surface area contributed by atoms with Crippen LogP contribution in [0.25, 0.3) is 10.8 Å². The number of carboxylic acids is 2. The number of carbonyl (C=O) groups excluding carboxylic acids is 1. The van der Waals surface area contributed by atoms with E-state index in [1.165, 1.54) is 49.6 Å². The topological polar surface area (TPSA) is 347 Å². The van der Waals surface area contributed by atoms with Crippen LogP contribution in [0.3, 0.4) is 0 Å². The third-order valence-corrected chi connectivity index (χ3v) is 9.91. The number of hydrazone groups is 1. The maximum Gasteiger partial charge on any atom is 0.355 e. The third kappa shape index (κ3) is 9.33. The lowest BCUT2D eigenvalue weighted by atomic mass is 10.1. The third-order valence-electron chi connectivity index (χ3n) is 8.42. The number of phenols is 1. The van der Waals surface area contributed by atoms with Crippen molar-refractivity contribution >= 4 is 96.3 Å². The second-order valence-electron chi connectivity index (χ2n) is 12.2. The molecule has 1 aliphatic heterocycles. The minimum atomic E-state index is -4.54. The van der Waals surface area contributed by atoms with Gasteiger partial charge in [-0.25, -0.2) is 14.8 Å². The summed E-state index contributed by atoms with van der Waals surface area (Å²) < 4.78 is 42.1. The first kappa shape index (κ1) is 43.0. The Morgan fingerprint density at radius 1 is 0.902 bits per heavy atom. The molecule has 5 aromatic rings. The van der Waals surface area contributed by atoms with Gasteiger partial charge in [0.1, 0.15) is 22.7 Å². The summed E-state index contributed by atoms with van der Waals surface area (Å²) in [7, 11) is -3.21. The number of ether oxygens (including phenoxy) is 1. The summed E-state index contributed by atoms with van der Waals surface area (Å²) in [4.78, 5) is 46.7. The van der Waals surface area contributed by atoms with Gasteiger partial charge in [0, 0.05) is 17.5 Å². The van der Waals surface area contributed by atoms with Gasteiger partial charge in [0.2, 0.25) is 6.04 Å². The summed E-state index contributed by atoms with van der Waals surface area (Å²) >= 11 is 0.429. The van der Waals surface area contributed by atoms with Gasteiger partial charge < -0.3 is 20.1 Å². The molecule has 1 heterocycles. The molecule has 0 bridgehead atoms. The zero-order valence-corrected chi connectivity index (χ0v) is 32.4. The first-order valence-electron chi connectivity index (χ1n) is 16.6. The highest BCUT2D eigenvalue weighted by atomic mass is 32.2. The number of carboxylic acid groups (broad SMARTS) is 2. The smallest absolute Gasteiger partial charge is 0.355 e. The summed E-state index contributed by atoms with van der Waals surface area (Å²) in [5, 5.41) is 83.7. The Kier molecular flexibility index (Phi) is 12.5. The van der Waals surface area contributed by atoms with E-state index >= 15 is 0 Å². The van der Waals surface area contributed by atoms with E-state index in [-0.39, 0.29) is 55.5 Å². The number of amides is 1. The van der Waals surface area contributed by atoms with E-state index in [0.717, 1.165) is 36.4 Å². The zero-order valence-electron chi connectivity index (χ0n) is 30.7. The molecule has 61 heavy (non-hydrogen) atoms. The fourth-order valence-corrected chi connectivity index (χ4v) is 6.51. The standard InChI is InChI=1S/C35H25N9O15S2/c1-16-11-25(27(57-2)15-24(16)38-36-19-4-10-26(44(51)52)23(14-19)34(47)48)39-40-29-28(60-59-58-53)13-17-12-18(3-9-22(17)32(29)45)37-41-30-31(35(49)50)42-43(33(30)46)20-5-7-21(8-6-20)61(54,55)56/h3-15,30,45,53H,1-2H3,(H,47,48)(H,49,50)(H,54,55,56). The number of benzene rings is 5. The number of anilines is 1. The van der Waals surface area contributed by atoms with Gasteiger partial charge in [0.05, 0.1) is 56.6 Å². The SMILES string of the molecule is COc1cc(N=Nc2ccc([N+](=O)[O-])c(C(=O)O)c2)c(C)cc1N=Nc1c(SOOO)cc2cc(N=NC3C(=O)N(c4ccc(S(=O)(=O)O)cc4)N=C3C(=O)O)ccc2c1O. The Morgan fingerprint density at radius 3 is 2.23 bits per heavy atom. The summed E-state index contributed by atoms with van der Waals surface area (Å²) in [6.07, 6.45) is 0. The number of fused-ring (bicyclic) bond motifs is 1. The van der Waals surface area contributed by atoms with Crippen molar-refractivity contribution in [2.75, 3.05) is 12.1 Å². The van der Waals surface area contributed by atoms with Crippen molar-refractivity contribution in [2.24, 2.45) is 35.8 Å². The average molecular weight is 876 g/mol. The molecular weight excluding hydrogens is 851 g/mol. The number of nitro benzene ring substituents is 1. The van der Waals surface area contributed by atoms with Gasteiger partial charge in [-0.15, -0.1) is 14.6 Å². The van der Waals surface area contributed by atoms with Crippen LogP contribution in [0.5, 0.6) is 11.5 Å². The van der Waals surface area contributed by atoms with Crippen LogP contribution < -0.4 is 9.75 Å². The first-order valence-corrected chi connectivity index (χ1v) is 18.8. The van der Waals surface area contributed by atoms with E-state index in [4.69, 9.17) is 9.99 Å². The Hall–Kier alpha value is -7.62. The van der Waals surface area contributed by atoms with Crippen molar-refractivity contribution in [3.63, 3.8) is 0 Å². The van der Waals surface area contributed by atoms with Gasteiger partial charge in [-0.2, -0.15) is 39.0 Å². The van der Waals surface area contributed by atoms with Crippen molar-refractivity contribution < 1.29 is 67.0 Å². The molecule has 1 amide bonds. The molecule has 0 radical (unpaired) electrons. The van der Waals surface area contributed by atoms with Crippen LogP contribution in [0.15, 0.2) is 124 Å². The van der Waals surface area contributed by atoms with E-state index in [0.29, 0.717) is 22.6 Å². The molecule has 24 nitrogen and oxygen atoms in total. The number of nitro groups is 1. The molecule has 0 fully saturated rings. The van der Waals surface area contributed by atoms with Crippen LogP contribution in [-0.4, -0.2) is 75.2 Å². The number of methoxy groups -OCH3 is 1. The van der Waals surface area contributed by atoms with Crippen LogP contribution in [-0.2, 0) is 29.1 Å². The number of phenolic OH excluding ortho intramolecular Hbond substituents is 1. The van der Waals surface area contributed by atoms with E-state index in [1.54, 1.807) is 6.92 Å². The minimum absolute atomic E-state index is 0.0185. The molecular formula is C35H25N9O15S2. The van der Waals surface area contributed by atoms with Crippen LogP contribution in [0.2, 0.25) is 0 Å². The number of carbonyl (C=O) groups is 3. The summed E-state index contributed by atoms with van der Waals surface area (Å²) in [6.45, 7) is 1.64. The number of rotatable bonds is 15. The van der Waals surface area contributed by atoms with Crippen molar-refractivity contribution in [3.05, 3.63) is 100 Å². The molecule has 0 saturated heterocycles. The number of aryl methyl sites for hydroxylation is 1. The molecule has 5 aromatic carbocycles. The van der Waals surface area contributed by atoms with Gasteiger partial charge in [-0.3, -0.25) is 19.5 Å². The number of aliphatic carboxylic acids is 1. The maximum absolute atomic E-state index is 13.2. The zero-order chi connectivity index (χ0) is 44.2. The number of hydrogen-bond acceptors (Lipinski definition) is 20. The predicted octanol–water partition coefficient (Wildman–Crippen LogP) is 7.91. The van der Waals surface area contributed by atoms with Crippen LogP contribution in [0, 0.1) is 17.0 Å². The van der Waals surface area contributed by atoms with Gasteiger partial charge in [-0.05, 0) is 84.6 Å². The first-order chi connectivity index (χ1) is 29.0. The Morgan fingerprint density at radius 2 is 1.59 bits per heavy atom. The fraction of sp³-hybridized carbons (Fsp3) is 0.0857. The second kappa shape index (κ2) is 17.7. The minimum Gasteiger partial charge on any atom is -0.505 e.